The first-order chi connectivity index (χ1) is 11.6. The molecule has 2 fully saturated rings. The number of piperidine rings is 1. The number of aromatic nitrogens is 4. The van der Waals surface area contributed by atoms with Crippen molar-refractivity contribution in [3.63, 3.8) is 0 Å². The van der Waals surface area contributed by atoms with Gasteiger partial charge in [0.1, 0.15) is 12.1 Å². The second-order valence-electron chi connectivity index (χ2n) is 6.52. The molecule has 1 N–H and O–H groups in total. The molecule has 1 aliphatic carbocycles. The summed E-state index contributed by atoms with van der Waals surface area (Å²) in [6.07, 6.45) is 5.56. The predicted molar refractivity (Wildman–Crippen MR) is 90.3 cm³/mol. The molecule has 1 saturated heterocycles. The van der Waals surface area contributed by atoms with E-state index in [9.17, 15) is 8.42 Å². The average molecular weight is 350 g/mol. The Hall–Kier alpha value is -1.74. The number of anilines is 1. The fourth-order valence-corrected chi connectivity index (χ4v) is 5.06. The molecule has 24 heavy (non-hydrogen) atoms. The van der Waals surface area contributed by atoms with Gasteiger partial charge in [-0.05, 0) is 32.1 Å². The minimum Gasteiger partial charge on any atom is -0.367 e. The molecule has 2 aliphatic rings. The van der Waals surface area contributed by atoms with E-state index in [4.69, 9.17) is 0 Å². The molecule has 0 aromatic carbocycles. The zero-order chi connectivity index (χ0) is 16.7. The highest BCUT2D eigenvalue weighted by molar-refractivity contribution is 7.90. The lowest BCUT2D eigenvalue weighted by Gasteiger charge is -2.32. The maximum Gasteiger partial charge on any atom is 0.254 e. The van der Waals surface area contributed by atoms with Crippen LogP contribution in [-0.2, 0) is 16.4 Å². The summed E-state index contributed by atoms with van der Waals surface area (Å²) in [7, 11) is -3.05. The number of nitrogens with zero attached hydrogens (tertiary/aromatic N) is 5. The van der Waals surface area contributed by atoms with E-state index < -0.39 is 10.0 Å². The van der Waals surface area contributed by atoms with Crippen molar-refractivity contribution in [2.24, 2.45) is 0 Å². The first-order valence-corrected chi connectivity index (χ1v) is 10.0. The van der Waals surface area contributed by atoms with Gasteiger partial charge in [-0.1, -0.05) is 6.92 Å². The summed E-state index contributed by atoms with van der Waals surface area (Å²) in [5, 5.41) is 7.60. The lowest BCUT2D eigenvalue weighted by atomic mass is 10.1. The van der Waals surface area contributed by atoms with E-state index in [1.54, 1.807) is 8.82 Å². The number of hydrogen-bond acceptors (Lipinski definition) is 6. The number of sulfonamides is 1. The van der Waals surface area contributed by atoms with Crippen LogP contribution in [0.4, 0.5) is 5.82 Å². The van der Waals surface area contributed by atoms with Crippen LogP contribution in [-0.4, -0.2) is 56.7 Å². The molecule has 9 heteroatoms. The third-order valence-electron chi connectivity index (χ3n) is 4.78. The molecule has 0 amide bonds. The molecular weight excluding hydrogens is 328 g/mol. The third kappa shape index (κ3) is 2.86. The zero-order valence-electron chi connectivity index (χ0n) is 13.7. The van der Waals surface area contributed by atoms with Gasteiger partial charge in [-0.25, -0.2) is 17.7 Å². The van der Waals surface area contributed by atoms with Crippen LogP contribution in [0.2, 0.25) is 0 Å². The van der Waals surface area contributed by atoms with Gasteiger partial charge in [-0.2, -0.15) is 14.6 Å². The van der Waals surface area contributed by atoms with Gasteiger partial charge < -0.3 is 5.32 Å². The molecule has 0 unspecified atom stereocenters. The van der Waals surface area contributed by atoms with E-state index in [1.807, 2.05) is 6.07 Å². The van der Waals surface area contributed by atoms with Crippen molar-refractivity contribution >= 4 is 21.6 Å². The van der Waals surface area contributed by atoms with Crippen molar-refractivity contribution in [3.05, 3.63) is 18.1 Å². The summed E-state index contributed by atoms with van der Waals surface area (Å²) in [4.78, 5) is 8.60. The van der Waals surface area contributed by atoms with Crippen LogP contribution in [0.1, 0.15) is 38.3 Å². The molecule has 2 aromatic heterocycles. The highest BCUT2D eigenvalue weighted by Gasteiger charge is 2.41. The molecular formula is C15H22N6O2S. The molecule has 4 rings (SSSR count). The third-order valence-corrected chi connectivity index (χ3v) is 7.18. The van der Waals surface area contributed by atoms with Crippen LogP contribution in [0, 0.1) is 0 Å². The van der Waals surface area contributed by atoms with Crippen LogP contribution < -0.4 is 5.32 Å². The molecule has 0 atom stereocenters. The smallest absolute Gasteiger partial charge is 0.254 e. The van der Waals surface area contributed by atoms with E-state index in [1.165, 1.54) is 6.33 Å². The Labute approximate surface area is 141 Å². The molecule has 0 radical (unpaired) electrons. The van der Waals surface area contributed by atoms with Gasteiger partial charge in [0.15, 0.2) is 0 Å². The molecule has 3 heterocycles. The monoisotopic (exact) mass is 350 g/mol. The number of rotatable bonds is 5. The summed E-state index contributed by atoms with van der Waals surface area (Å²) < 4.78 is 28.0. The van der Waals surface area contributed by atoms with Gasteiger partial charge in [-0.3, -0.25) is 0 Å². The van der Waals surface area contributed by atoms with E-state index in [-0.39, 0.29) is 11.3 Å². The van der Waals surface area contributed by atoms with Crippen molar-refractivity contribution in [1.82, 2.24) is 23.9 Å². The normalized spacial score (nSPS) is 20.5. The number of fused-ring (bicyclic) bond motifs is 1. The van der Waals surface area contributed by atoms with Crippen molar-refractivity contribution in [2.45, 2.75) is 50.3 Å². The Morgan fingerprint density at radius 3 is 2.67 bits per heavy atom. The van der Waals surface area contributed by atoms with Gasteiger partial charge in [-0.15, -0.1) is 0 Å². The second kappa shape index (κ2) is 5.96. The van der Waals surface area contributed by atoms with Gasteiger partial charge in [0.05, 0.1) is 5.25 Å². The van der Waals surface area contributed by atoms with Gasteiger partial charge >= 0.3 is 0 Å². The first-order valence-electron chi connectivity index (χ1n) is 8.53. The fraction of sp³-hybridized carbons (Fsp3) is 0.667. The van der Waals surface area contributed by atoms with Crippen molar-refractivity contribution in [1.29, 1.82) is 0 Å². The Kier molecular flexibility index (Phi) is 3.92. The summed E-state index contributed by atoms with van der Waals surface area (Å²) in [6, 6.07) is 2.23. The highest BCUT2D eigenvalue weighted by Crippen LogP contribution is 2.32. The number of aryl methyl sites for hydroxylation is 1. The topological polar surface area (TPSA) is 92.5 Å². The van der Waals surface area contributed by atoms with Crippen LogP contribution in [0.25, 0.3) is 5.78 Å². The van der Waals surface area contributed by atoms with E-state index >= 15 is 0 Å². The lowest BCUT2D eigenvalue weighted by Crippen LogP contribution is -2.43. The Morgan fingerprint density at radius 2 is 2.00 bits per heavy atom. The molecule has 1 saturated carbocycles. The summed E-state index contributed by atoms with van der Waals surface area (Å²) in [5.41, 5.74) is 0.965. The summed E-state index contributed by atoms with van der Waals surface area (Å²) >= 11 is 0. The number of nitrogens with one attached hydrogen (secondary N) is 1. The minimum absolute atomic E-state index is 0.121. The zero-order valence-corrected chi connectivity index (χ0v) is 14.5. The standard InChI is InChI=1S/C15H22N6O2S/c1-2-11-9-14(21-15(19-11)16-10-17-21)18-12-5-7-20(8-6-12)24(22,23)13-3-4-13/h9-10,12-13,18H,2-8H2,1H3. The minimum atomic E-state index is -3.05. The highest BCUT2D eigenvalue weighted by atomic mass is 32.2. The Balaban J connectivity index is 1.46. The predicted octanol–water partition coefficient (Wildman–Crippen LogP) is 1.06. The SMILES string of the molecule is CCc1cc(NC2CCN(S(=O)(=O)C3CC3)CC2)n2ncnc2n1. The summed E-state index contributed by atoms with van der Waals surface area (Å²) in [5.74, 6) is 1.46. The molecule has 2 aromatic rings. The lowest BCUT2D eigenvalue weighted by molar-refractivity contribution is 0.328. The Bertz CT molecular complexity index is 837. The van der Waals surface area contributed by atoms with Crippen LogP contribution in [0.3, 0.4) is 0 Å². The van der Waals surface area contributed by atoms with Crippen molar-refractivity contribution in [3.8, 4) is 0 Å². The molecule has 1 aliphatic heterocycles. The second-order valence-corrected chi connectivity index (χ2v) is 8.73. The fourth-order valence-electron chi connectivity index (χ4n) is 3.19. The van der Waals surface area contributed by atoms with Gasteiger partial charge in [0, 0.05) is 30.9 Å². The van der Waals surface area contributed by atoms with E-state index in [0.29, 0.717) is 18.9 Å². The van der Waals surface area contributed by atoms with Crippen LogP contribution in [0.5, 0.6) is 0 Å². The number of hydrogen-bond donors (Lipinski definition) is 1. The van der Waals surface area contributed by atoms with Gasteiger partial charge in [0.25, 0.3) is 5.78 Å². The van der Waals surface area contributed by atoms with E-state index in [2.05, 4.69) is 27.3 Å². The summed E-state index contributed by atoms with van der Waals surface area (Å²) in [6.45, 7) is 3.23. The molecule has 8 nitrogen and oxygen atoms in total. The Morgan fingerprint density at radius 1 is 1.25 bits per heavy atom. The maximum absolute atomic E-state index is 12.3. The maximum atomic E-state index is 12.3. The van der Waals surface area contributed by atoms with Crippen LogP contribution in [0.15, 0.2) is 12.4 Å². The van der Waals surface area contributed by atoms with Gasteiger partial charge in [0.2, 0.25) is 10.0 Å². The molecule has 130 valence electrons. The molecule has 0 bridgehead atoms. The molecule has 0 spiro atoms. The van der Waals surface area contributed by atoms with Crippen molar-refractivity contribution < 1.29 is 8.42 Å². The van der Waals surface area contributed by atoms with Crippen LogP contribution >= 0.6 is 0 Å². The quantitative estimate of drug-likeness (QED) is 0.867. The largest absolute Gasteiger partial charge is 0.367 e. The van der Waals surface area contributed by atoms with Crippen molar-refractivity contribution in [2.75, 3.05) is 18.4 Å². The van der Waals surface area contributed by atoms with E-state index in [0.717, 1.165) is 43.6 Å². The first kappa shape index (κ1) is 15.8. The average Bonchev–Trinajstić information content (AvgIpc) is 3.34.